The van der Waals surface area contributed by atoms with Crippen LogP contribution in [0.25, 0.3) is 0 Å². The summed E-state index contributed by atoms with van der Waals surface area (Å²) in [6.07, 6.45) is 2.47. The van der Waals surface area contributed by atoms with Gasteiger partial charge in [-0.05, 0) is 56.3 Å². The second kappa shape index (κ2) is 25.5. The summed E-state index contributed by atoms with van der Waals surface area (Å²) in [7, 11) is 1.25. The summed E-state index contributed by atoms with van der Waals surface area (Å²) >= 11 is 0. The first-order valence-corrected chi connectivity index (χ1v) is 21.1. The molecule has 0 heterocycles. The molecule has 0 saturated heterocycles. The Morgan fingerprint density at radius 3 is 0.825 bits per heavy atom. The largest absolute Gasteiger partial charge is 0.467 e. The Balaban J connectivity index is 6.51. The fourth-order valence-corrected chi connectivity index (χ4v) is 5.96. The van der Waals surface area contributed by atoms with Crippen LogP contribution in [0, 0.1) is 35.5 Å². The lowest BCUT2D eigenvalue weighted by atomic mass is 9.92. The third-order valence-corrected chi connectivity index (χ3v) is 11.3. The molecule has 0 aliphatic rings. The van der Waals surface area contributed by atoms with E-state index in [4.69, 9.17) is 9.47 Å². The second-order valence-electron chi connectivity index (χ2n) is 16.9. The lowest BCUT2D eigenvalue weighted by Gasteiger charge is -2.33. The Morgan fingerprint density at radius 1 is 0.404 bits per heavy atom. The van der Waals surface area contributed by atoms with E-state index >= 15 is 0 Å². The van der Waals surface area contributed by atoms with Crippen molar-refractivity contribution in [2.75, 3.05) is 7.11 Å². The Hall–Kier alpha value is -3.91. The molecule has 0 aromatic rings. The fourth-order valence-electron chi connectivity index (χ4n) is 5.96. The first kappa shape index (κ1) is 53.1. The van der Waals surface area contributed by atoms with Gasteiger partial charge in [-0.1, -0.05) is 122 Å². The van der Waals surface area contributed by atoms with Crippen LogP contribution in [-0.2, 0) is 38.2 Å². The molecule has 0 aliphatic heterocycles. The minimum atomic E-state index is -1.08. The van der Waals surface area contributed by atoms with Crippen molar-refractivity contribution in [3.63, 3.8) is 0 Å². The van der Waals surface area contributed by atoms with Crippen LogP contribution in [-0.4, -0.2) is 90.6 Å². The smallest absolute Gasteiger partial charge is 0.408 e. The van der Waals surface area contributed by atoms with Crippen molar-refractivity contribution in [3.05, 3.63) is 0 Å². The second-order valence-corrected chi connectivity index (χ2v) is 16.9. The number of amides is 6. The van der Waals surface area contributed by atoms with Crippen molar-refractivity contribution >= 4 is 41.6 Å². The van der Waals surface area contributed by atoms with Crippen molar-refractivity contribution in [1.29, 1.82) is 0 Å². The molecule has 330 valence electrons. The van der Waals surface area contributed by atoms with Crippen LogP contribution < -0.4 is 31.9 Å². The predicted octanol–water partition coefficient (Wildman–Crippen LogP) is 4.75. The number of nitrogens with one attached hydrogen (secondary N) is 6. The summed E-state index contributed by atoms with van der Waals surface area (Å²) in [5.74, 6) is -5.38. The topological polar surface area (TPSA) is 210 Å². The number of rotatable bonds is 24. The molecule has 0 bridgehead atoms. The highest BCUT2D eigenvalue weighted by molar-refractivity contribution is 5.97. The third kappa shape index (κ3) is 17.2. The summed E-state index contributed by atoms with van der Waals surface area (Å²) in [4.78, 5) is 95.0. The minimum Gasteiger partial charge on any atom is -0.467 e. The number of ether oxygens (including phenoxy) is 2. The molecular formula is C42H78N6O9. The highest BCUT2D eigenvalue weighted by atomic mass is 16.6. The molecule has 0 rings (SSSR count). The van der Waals surface area contributed by atoms with E-state index in [1.54, 1.807) is 20.8 Å². The Bertz CT molecular complexity index is 1320. The SMILES string of the molecule is CC[C@H](C)[C@H](NC(=O)[C@H](NC(=O)OC(C)(C)C)[C@@H](C)CC)C(=O)N[C@@H](C(=O)N[C@H](C(=O)N[C@@H](C(=O)N[C@H](C(=O)OC)[C@@H](C)CC)[C@@H](C)CC)[C@@H](C)CC)[C@@H](C)CC. The highest BCUT2D eigenvalue weighted by Gasteiger charge is 2.39. The average Bonchev–Trinajstić information content (AvgIpc) is 3.17. The predicted molar refractivity (Wildman–Crippen MR) is 222 cm³/mol. The fraction of sp³-hybridized carbons (Fsp3) is 0.833. The monoisotopic (exact) mass is 811 g/mol. The molecule has 0 aromatic heterocycles. The maximum Gasteiger partial charge on any atom is 0.408 e. The molecule has 0 saturated carbocycles. The molecule has 0 aromatic carbocycles. The van der Waals surface area contributed by atoms with Gasteiger partial charge in [0.15, 0.2) is 0 Å². The van der Waals surface area contributed by atoms with Gasteiger partial charge < -0.3 is 41.4 Å². The van der Waals surface area contributed by atoms with E-state index in [0.29, 0.717) is 38.5 Å². The van der Waals surface area contributed by atoms with E-state index in [9.17, 15) is 33.6 Å². The van der Waals surface area contributed by atoms with Crippen molar-refractivity contribution in [1.82, 2.24) is 31.9 Å². The Labute approximate surface area is 342 Å². The van der Waals surface area contributed by atoms with Gasteiger partial charge in [-0.2, -0.15) is 0 Å². The first-order chi connectivity index (χ1) is 26.5. The van der Waals surface area contributed by atoms with Crippen LogP contribution in [0.4, 0.5) is 4.79 Å². The van der Waals surface area contributed by atoms with Crippen LogP contribution in [0.3, 0.4) is 0 Å². The number of alkyl carbamates (subject to hydrolysis) is 1. The summed E-state index contributed by atoms with van der Waals surface area (Å²) in [6, 6.07) is -6.13. The van der Waals surface area contributed by atoms with Gasteiger partial charge in [0.1, 0.15) is 41.9 Å². The molecule has 0 radical (unpaired) electrons. The van der Waals surface area contributed by atoms with E-state index < -0.39 is 83.5 Å². The van der Waals surface area contributed by atoms with Gasteiger partial charge in [0.25, 0.3) is 0 Å². The van der Waals surface area contributed by atoms with E-state index in [2.05, 4.69) is 31.9 Å². The first-order valence-electron chi connectivity index (χ1n) is 21.1. The summed E-state index contributed by atoms with van der Waals surface area (Å²) in [5.41, 5.74) is -0.785. The van der Waals surface area contributed by atoms with Crippen molar-refractivity contribution in [2.45, 2.75) is 184 Å². The standard InChI is InChI=1S/C42H78N6O9/c1-17-23(7)29(44-37(51)31(25(9)19-3)46-39(53)33(27(11)21-5)48-41(55)57-42(13,14)15)35(49)43-30(24(8)18-2)36(50)45-32(26(10)20-4)38(52)47-34(28(12)22-6)40(54)56-16/h23-34H,17-22H2,1-16H3,(H,43,49)(H,44,51)(H,45,50)(H,46,53)(H,47,52)(H,48,55)/t23-,24-,25-,26-,27-,28-,29+,30-,31-,32+,33+,34-/m0/s1. The number of methoxy groups -OCH3 is 1. The van der Waals surface area contributed by atoms with Gasteiger partial charge in [0.05, 0.1) is 7.11 Å². The molecule has 0 aliphatic carbocycles. The maximum atomic E-state index is 14.2. The average molecular weight is 811 g/mol. The van der Waals surface area contributed by atoms with Gasteiger partial charge in [0.2, 0.25) is 29.5 Å². The van der Waals surface area contributed by atoms with Crippen molar-refractivity contribution in [3.8, 4) is 0 Å². The number of carbonyl (C=O) groups excluding carboxylic acids is 7. The molecule has 6 amide bonds. The van der Waals surface area contributed by atoms with Crippen LogP contribution in [0.5, 0.6) is 0 Å². The Kier molecular flexibility index (Phi) is 23.7. The number of hydrogen-bond acceptors (Lipinski definition) is 9. The summed E-state index contributed by atoms with van der Waals surface area (Å²) in [6.45, 7) is 27.3. The molecule has 0 fully saturated rings. The lowest BCUT2D eigenvalue weighted by Crippen LogP contribution is -2.63. The molecular weight excluding hydrogens is 732 g/mol. The van der Waals surface area contributed by atoms with E-state index in [1.165, 1.54) is 7.11 Å². The molecule has 57 heavy (non-hydrogen) atoms. The summed E-state index contributed by atoms with van der Waals surface area (Å²) < 4.78 is 10.3. The van der Waals surface area contributed by atoms with Gasteiger partial charge >= 0.3 is 12.1 Å². The zero-order valence-corrected chi connectivity index (χ0v) is 37.8. The van der Waals surface area contributed by atoms with Crippen molar-refractivity contribution in [2.24, 2.45) is 35.5 Å². The lowest BCUT2D eigenvalue weighted by molar-refractivity contribution is -0.147. The molecule has 0 spiro atoms. The van der Waals surface area contributed by atoms with E-state index in [0.717, 1.165) is 0 Å². The zero-order valence-electron chi connectivity index (χ0n) is 37.8. The highest BCUT2D eigenvalue weighted by Crippen LogP contribution is 2.18. The van der Waals surface area contributed by atoms with Gasteiger partial charge in [0, 0.05) is 0 Å². The van der Waals surface area contributed by atoms with E-state index in [-0.39, 0.29) is 35.5 Å². The number of carbonyl (C=O) groups is 7. The minimum absolute atomic E-state index is 0.224. The molecule has 15 nitrogen and oxygen atoms in total. The van der Waals surface area contributed by atoms with Crippen molar-refractivity contribution < 1.29 is 43.0 Å². The molecule has 0 unspecified atom stereocenters. The molecule has 12 atom stereocenters. The molecule has 15 heteroatoms. The quantitative estimate of drug-likeness (QED) is 0.0742. The summed E-state index contributed by atoms with van der Waals surface area (Å²) in [5, 5.41) is 16.9. The van der Waals surface area contributed by atoms with Crippen LogP contribution in [0.2, 0.25) is 0 Å². The van der Waals surface area contributed by atoms with Crippen LogP contribution in [0.1, 0.15) is 142 Å². The van der Waals surface area contributed by atoms with Gasteiger partial charge in [-0.25, -0.2) is 9.59 Å². The van der Waals surface area contributed by atoms with Gasteiger partial charge in [-0.3, -0.25) is 24.0 Å². The zero-order chi connectivity index (χ0) is 44.4. The number of hydrogen-bond donors (Lipinski definition) is 6. The number of esters is 1. The van der Waals surface area contributed by atoms with Crippen LogP contribution in [0.15, 0.2) is 0 Å². The van der Waals surface area contributed by atoms with Crippen LogP contribution >= 0.6 is 0 Å². The van der Waals surface area contributed by atoms with E-state index in [1.807, 2.05) is 83.1 Å². The Morgan fingerprint density at radius 2 is 0.614 bits per heavy atom. The third-order valence-electron chi connectivity index (χ3n) is 11.3. The normalized spacial score (nSPS) is 17.9. The maximum absolute atomic E-state index is 14.2. The molecule has 6 N–H and O–H groups in total. The van der Waals surface area contributed by atoms with Gasteiger partial charge in [-0.15, -0.1) is 0 Å².